The minimum Gasteiger partial charge on any atom is -0.362 e. The van der Waals surface area contributed by atoms with Gasteiger partial charge in [-0.05, 0) is 31.9 Å². The smallest absolute Gasteiger partial charge is 0.211 e. The summed E-state index contributed by atoms with van der Waals surface area (Å²) in [7, 11) is -3.11. The lowest BCUT2D eigenvalue weighted by Gasteiger charge is -2.37. The van der Waals surface area contributed by atoms with E-state index in [2.05, 4.69) is 38.5 Å². The van der Waals surface area contributed by atoms with E-state index in [9.17, 15) is 8.42 Å². The zero-order chi connectivity index (χ0) is 20.2. The molecule has 0 amide bonds. The number of nitrogens with zero attached hydrogens (tertiary/aromatic N) is 5. The highest BCUT2D eigenvalue weighted by atomic mass is 32.2. The number of H-pyrrole nitrogens is 1. The van der Waals surface area contributed by atoms with Gasteiger partial charge in [-0.2, -0.15) is 0 Å². The second-order valence-corrected chi connectivity index (χ2v) is 10.2. The third kappa shape index (κ3) is 3.22. The summed E-state index contributed by atoms with van der Waals surface area (Å²) in [5, 5.41) is 1.13. The number of aromatic amines is 1. The van der Waals surface area contributed by atoms with Crippen LogP contribution in [0.25, 0.3) is 11.0 Å². The number of nitrogens with one attached hydrogen (secondary N) is 1. The minimum absolute atomic E-state index is 0.296. The number of anilines is 1. The fourth-order valence-electron chi connectivity index (χ4n) is 4.76. The molecule has 0 saturated carbocycles. The largest absolute Gasteiger partial charge is 0.362 e. The Bertz CT molecular complexity index is 1140. The van der Waals surface area contributed by atoms with Gasteiger partial charge in [0.25, 0.3) is 0 Å². The molecule has 0 aliphatic carbocycles. The minimum atomic E-state index is -3.11. The SMILES string of the molecule is C[C@@H]1Cc2ncn(C3CCN(S(C)(=O)=O)CC3)c2CN1c1ccnc2[nH]ccc12. The van der Waals surface area contributed by atoms with E-state index in [4.69, 9.17) is 4.98 Å². The van der Waals surface area contributed by atoms with Crippen molar-refractivity contribution in [1.82, 2.24) is 23.8 Å². The standard InChI is InChI=1S/C20H26N6O2S/c1-14-11-17-19(12-25(14)18-4-8-22-20-16(18)3-7-21-20)26(13-23-17)15-5-9-24(10-6-15)29(2,27)28/h3-4,7-8,13-15H,5-6,9-12H2,1-2H3,(H,21,22)/t14-/m1/s1. The normalized spacial score (nSPS) is 21.6. The molecule has 0 bridgehead atoms. The maximum absolute atomic E-state index is 11.8. The summed E-state index contributed by atoms with van der Waals surface area (Å²) in [5.74, 6) is 0. The molecule has 0 aromatic carbocycles. The van der Waals surface area contributed by atoms with Crippen molar-refractivity contribution in [3.63, 3.8) is 0 Å². The molecule has 1 fully saturated rings. The van der Waals surface area contributed by atoms with Gasteiger partial charge in [0.1, 0.15) is 5.65 Å². The molecule has 2 aliphatic rings. The molecule has 8 nitrogen and oxygen atoms in total. The first-order valence-corrected chi connectivity index (χ1v) is 11.9. The van der Waals surface area contributed by atoms with Crippen LogP contribution in [0.5, 0.6) is 0 Å². The van der Waals surface area contributed by atoms with Crippen molar-refractivity contribution in [1.29, 1.82) is 0 Å². The number of sulfonamides is 1. The van der Waals surface area contributed by atoms with Crippen molar-refractivity contribution in [2.75, 3.05) is 24.2 Å². The van der Waals surface area contributed by atoms with E-state index in [1.807, 2.05) is 18.7 Å². The second-order valence-electron chi connectivity index (χ2n) is 8.19. The number of fused-ring (bicyclic) bond motifs is 2. The number of hydrogen-bond acceptors (Lipinski definition) is 5. The Kier molecular flexibility index (Phi) is 4.40. The van der Waals surface area contributed by atoms with E-state index in [0.717, 1.165) is 36.8 Å². The topological polar surface area (TPSA) is 87.1 Å². The zero-order valence-corrected chi connectivity index (χ0v) is 17.6. The Labute approximate surface area is 170 Å². The highest BCUT2D eigenvalue weighted by molar-refractivity contribution is 7.88. The Hall–Kier alpha value is -2.39. The van der Waals surface area contributed by atoms with Crippen molar-refractivity contribution in [2.24, 2.45) is 0 Å². The van der Waals surface area contributed by atoms with E-state index in [1.165, 1.54) is 23.3 Å². The number of rotatable bonds is 3. The van der Waals surface area contributed by atoms with Crippen molar-refractivity contribution >= 4 is 26.7 Å². The van der Waals surface area contributed by atoms with E-state index >= 15 is 0 Å². The molecule has 9 heteroatoms. The molecule has 154 valence electrons. The average molecular weight is 415 g/mol. The Morgan fingerprint density at radius 1 is 1.17 bits per heavy atom. The lowest BCUT2D eigenvalue weighted by Crippen LogP contribution is -2.41. The van der Waals surface area contributed by atoms with Crippen LogP contribution in [0.2, 0.25) is 0 Å². The van der Waals surface area contributed by atoms with Gasteiger partial charge < -0.3 is 14.5 Å². The van der Waals surface area contributed by atoms with Gasteiger partial charge in [-0.3, -0.25) is 0 Å². The zero-order valence-electron chi connectivity index (χ0n) is 16.7. The quantitative estimate of drug-likeness (QED) is 0.711. The molecule has 0 unspecified atom stereocenters. The van der Waals surface area contributed by atoms with Crippen LogP contribution in [0.15, 0.2) is 30.9 Å². The Balaban J connectivity index is 1.43. The van der Waals surface area contributed by atoms with E-state index < -0.39 is 10.0 Å². The Morgan fingerprint density at radius 3 is 2.72 bits per heavy atom. The van der Waals surface area contributed by atoms with Crippen molar-refractivity contribution in [3.05, 3.63) is 42.2 Å². The predicted molar refractivity (Wildman–Crippen MR) is 112 cm³/mol. The number of piperidine rings is 1. The maximum atomic E-state index is 11.8. The summed E-state index contributed by atoms with van der Waals surface area (Å²) < 4.78 is 27.5. The lowest BCUT2D eigenvalue weighted by atomic mass is 10.0. The van der Waals surface area contributed by atoms with Crippen molar-refractivity contribution in [2.45, 2.75) is 44.8 Å². The van der Waals surface area contributed by atoms with Crippen LogP contribution in [-0.4, -0.2) is 57.6 Å². The molecular weight excluding hydrogens is 388 g/mol. The fraction of sp³-hybridized carbons (Fsp3) is 0.500. The van der Waals surface area contributed by atoms with Gasteiger partial charge in [-0.15, -0.1) is 0 Å². The first-order valence-electron chi connectivity index (χ1n) is 10.1. The lowest BCUT2D eigenvalue weighted by molar-refractivity contribution is 0.271. The monoisotopic (exact) mass is 414 g/mol. The number of imidazole rings is 1. The molecule has 3 aromatic heterocycles. The van der Waals surface area contributed by atoms with Crippen LogP contribution in [0, 0.1) is 0 Å². The molecule has 5 heterocycles. The van der Waals surface area contributed by atoms with Gasteiger partial charge >= 0.3 is 0 Å². The fourth-order valence-corrected chi connectivity index (χ4v) is 5.64. The van der Waals surface area contributed by atoms with Crippen LogP contribution in [-0.2, 0) is 23.0 Å². The van der Waals surface area contributed by atoms with Gasteiger partial charge in [-0.1, -0.05) is 0 Å². The highest BCUT2D eigenvalue weighted by Crippen LogP contribution is 2.34. The molecule has 2 aliphatic heterocycles. The van der Waals surface area contributed by atoms with Crippen LogP contribution in [0.1, 0.15) is 37.2 Å². The third-order valence-corrected chi connectivity index (χ3v) is 7.66. The molecule has 1 atom stereocenters. The van der Waals surface area contributed by atoms with Gasteiger partial charge in [-0.25, -0.2) is 22.7 Å². The summed E-state index contributed by atoms with van der Waals surface area (Å²) in [6, 6.07) is 4.81. The molecule has 1 N–H and O–H groups in total. The van der Waals surface area contributed by atoms with Crippen molar-refractivity contribution < 1.29 is 8.42 Å². The third-order valence-electron chi connectivity index (χ3n) is 6.36. The highest BCUT2D eigenvalue weighted by Gasteiger charge is 2.32. The summed E-state index contributed by atoms with van der Waals surface area (Å²) in [5.41, 5.74) is 4.51. The van der Waals surface area contributed by atoms with Gasteiger partial charge in [0, 0.05) is 55.1 Å². The summed E-state index contributed by atoms with van der Waals surface area (Å²) in [4.78, 5) is 14.8. The van der Waals surface area contributed by atoms with Crippen LogP contribution >= 0.6 is 0 Å². The summed E-state index contributed by atoms with van der Waals surface area (Å²) >= 11 is 0. The summed E-state index contributed by atoms with van der Waals surface area (Å²) in [6.07, 6.45) is 9.59. The first-order chi connectivity index (χ1) is 13.9. The van der Waals surface area contributed by atoms with E-state index in [-0.39, 0.29) is 0 Å². The maximum Gasteiger partial charge on any atom is 0.211 e. The number of hydrogen-bond donors (Lipinski definition) is 1. The average Bonchev–Trinajstić information content (AvgIpc) is 3.33. The Morgan fingerprint density at radius 2 is 1.97 bits per heavy atom. The molecular formula is C20H26N6O2S. The van der Waals surface area contributed by atoms with Crippen molar-refractivity contribution in [3.8, 4) is 0 Å². The van der Waals surface area contributed by atoms with Gasteiger partial charge in [0.2, 0.25) is 10.0 Å². The molecule has 29 heavy (non-hydrogen) atoms. The number of pyridine rings is 1. The molecule has 5 rings (SSSR count). The molecule has 0 radical (unpaired) electrons. The molecule has 1 saturated heterocycles. The van der Waals surface area contributed by atoms with Gasteiger partial charge in [0.05, 0.1) is 30.5 Å². The second kappa shape index (κ2) is 6.84. The van der Waals surface area contributed by atoms with Crippen LogP contribution in [0.3, 0.4) is 0 Å². The van der Waals surface area contributed by atoms with Crippen LogP contribution in [0.4, 0.5) is 5.69 Å². The molecule has 3 aromatic rings. The van der Waals surface area contributed by atoms with E-state index in [0.29, 0.717) is 25.2 Å². The van der Waals surface area contributed by atoms with Crippen LogP contribution < -0.4 is 4.90 Å². The number of aromatic nitrogens is 4. The van der Waals surface area contributed by atoms with Gasteiger partial charge in [0.15, 0.2) is 0 Å². The van der Waals surface area contributed by atoms with E-state index in [1.54, 1.807) is 4.31 Å². The predicted octanol–water partition coefficient (Wildman–Crippen LogP) is 2.31. The first kappa shape index (κ1) is 18.6. The molecule has 0 spiro atoms. The summed E-state index contributed by atoms with van der Waals surface area (Å²) in [6.45, 7) is 4.19.